The number of aliphatic hydroxyl groups excluding tert-OH is 1. The molecule has 112 valence electrons. The Morgan fingerprint density at radius 3 is 2.00 bits per heavy atom. The molecule has 0 aliphatic carbocycles. The van der Waals surface area contributed by atoms with E-state index in [0.29, 0.717) is 13.2 Å². The van der Waals surface area contributed by atoms with E-state index >= 15 is 0 Å². The second-order valence-electron chi connectivity index (χ2n) is 4.60. The fourth-order valence-electron chi connectivity index (χ4n) is 1.79. The van der Waals surface area contributed by atoms with Gasteiger partial charge in [-0.15, -0.1) is 0 Å². The maximum Gasteiger partial charge on any atom is 0.222 e. The van der Waals surface area contributed by atoms with Gasteiger partial charge in [0.1, 0.15) is 6.10 Å². The maximum atomic E-state index is 9.75. The van der Waals surface area contributed by atoms with E-state index in [2.05, 4.69) is 18.8 Å². The summed E-state index contributed by atoms with van der Waals surface area (Å²) in [6.07, 6.45) is 7.03. The molecule has 0 aliphatic rings. The zero-order valence-corrected chi connectivity index (χ0v) is 12.8. The first-order valence-electron chi connectivity index (χ1n) is 7.66. The fraction of sp³-hybridized carbons (Fsp3) is 0.875. The van der Waals surface area contributed by atoms with E-state index in [9.17, 15) is 5.11 Å². The Kier molecular flexibility index (Phi) is 13.5. The van der Waals surface area contributed by atoms with Crippen molar-refractivity contribution in [3.05, 3.63) is 0 Å². The third-order valence-electron chi connectivity index (χ3n) is 2.83. The smallest absolute Gasteiger partial charge is 0.222 e. The molecule has 0 rings (SSSR count). The van der Waals surface area contributed by atoms with Crippen LogP contribution in [0.1, 0.15) is 65.7 Å². The number of hydrogen-bond donors (Lipinski definition) is 1. The topological polar surface area (TPSA) is 38.7 Å². The van der Waals surface area contributed by atoms with Crippen LogP contribution in [0, 0.1) is 11.8 Å². The van der Waals surface area contributed by atoms with Gasteiger partial charge in [-0.05, 0) is 32.6 Å². The highest BCUT2D eigenvalue weighted by molar-refractivity contribution is 5.07. The van der Waals surface area contributed by atoms with Crippen LogP contribution in [-0.4, -0.2) is 30.7 Å². The van der Waals surface area contributed by atoms with Crippen molar-refractivity contribution in [2.24, 2.45) is 0 Å². The molecule has 0 heterocycles. The molecule has 0 fully saturated rings. The summed E-state index contributed by atoms with van der Waals surface area (Å²) in [7, 11) is 0. The van der Waals surface area contributed by atoms with Gasteiger partial charge in [-0.25, -0.2) is 0 Å². The zero-order chi connectivity index (χ0) is 14.3. The standard InChI is InChI=1S/C16H30O3/c1-4-7-8-9-10-11-12-15(17)13-14-16(18-5-2)19-6-3/h15-17H,4-12H2,1-3H3. The summed E-state index contributed by atoms with van der Waals surface area (Å²) in [5.74, 6) is 5.65. The average molecular weight is 270 g/mol. The van der Waals surface area contributed by atoms with Crippen LogP contribution in [0.4, 0.5) is 0 Å². The first-order valence-corrected chi connectivity index (χ1v) is 7.66. The quantitative estimate of drug-likeness (QED) is 0.355. The second-order valence-corrected chi connectivity index (χ2v) is 4.60. The minimum atomic E-state index is -0.561. The first kappa shape index (κ1) is 18.4. The van der Waals surface area contributed by atoms with E-state index in [1.807, 2.05) is 13.8 Å². The van der Waals surface area contributed by atoms with E-state index < -0.39 is 12.4 Å². The molecule has 0 saturated carbocycles. The molecule has 0 aromatic carbocycles. The monoisotopic (exact) mass is 270 g/mol. The molecule has 19 heavy (non-hydrogen) atoms. The molecule has 1 N–H and O–H groups in total. The Bertz CT molecular complexity index is 236. The third-order valence-corrected chi connectivity index (χ3v) is 2.83. The molecule has 1 atom stereocenters. The molecule has 0 aliphatic heterocycles. The van der Waals surface area contributed by atoms with Crippen molar-refractivity contribution in [2.45, 2.75) is 78.1 Å². The largest absolute Gasteiger partial charge is 0.380 e. The Balaban J connectivity index is 3.73. The molecule has 0 spiro atoms. The van der Waals surface area contributed by atoms with Crippen molar-refractivity contribution < 1.29 is 14.6 Å². The van der Waals surface area contributed by atoms with Gasteiger partial charge in [-0.1, -0.05) is 44.9 Å². The van der Waals surface area contributed by atoms with E-state index in [-0.39, 0.29) is 0 Å². The van der Waals surface area contributed by atoms with Crippen molar-refractivity contribution in [3.63, 3.8) is 0 Å². The lowest BCUT2D eigenvalue weighted by molar-refractivity contribution is -0.0971. The zero-order valence-electron chi connectivity index (χ0n) is 12.8. The minimum Gasteiger partial charge on any atom is -0.380 e. The van der Waals surface area contributed by atoms with Crippen molar-refractivity contribution in [1.82, 2.24) is 0 Å². The van der Waals surface area contributed by atoms with Gasteiger partial charge in [-0.2, -0.15) is 0 Å². The molecule has 0 saturated heterocycles. The number of unbranched alkanes of at least 4 members (excludes halogenated alkanes) is 5. The highest BCUT2D eigenvalue weighted by Gasteiger charge is 2.04. The highest BCUT2D eigenvalue weighted by Crippen LogP contribution is 2.08. The van der Waals surface area contributed by atoms with Crippen LogP contribution in [0.15, 0.2) is 0 Å². The maximum absolute atomic E-state index is 9.75. The van der Waals surface area contributed by atoms with Crippen LogP contribution in [-0.2, 0) is 9.47 Å². The van der Waals surface area contributed by atoms with Gasteiger partial charge in [0.05, 0.1) is 0 Å². The molecule has 0 bridgehead atoms. The molecule has 0 aromatic heterocycles. The van der Waals surface area contributed by atoms with Gasteiger partial charge in [0.2, 0.25) is 6.29 Å². The number of hydrogen-bond acceptors (Lipinski definition) is 3. The lowest BCUT2D eigenvalue weighted by Gasteiger charge is -2.10. The SMILES string of the molecule is CCCCCCCCC(O)C#CC(OCC)OCC. The van der Waals surface area contributed by atoms with Gasteiger partial charge in [0.15, 0.2) is 0 Å². The Morgan fingerprint density at radius 1 is 0.842 bits per heavy atom. The second kappa shape index (κ2) is 13.9. The van der Waals surface area contributed by atoms with Crippen LogP contribution < -0.4 is 0 Å². The van der Waals surface area contributed by atoms with Crippen LogP contribution in [0.25, 0.3) is 0 Å². The molecule has 3 heteroatoms. The Hall–Kier alpha value is -0.560. The van der Waals surface area contributed by atoms with E-state index in [0.717, 1.165) is 12.8 Å². The van der Waals surface area contributed by atoms with Crippen molar-refractivity contribution in [1.29, 1.82) is 0 Å². The summed E-state index contributed by atoms with van der Waals surface area (Å²) in [5, 5.41) is 9.75. The van der Waals surface area contributed by atoms with Crippen LogP contribution in [0.5, 0.6) is 0 Å². The van der Waals surface area contributed by atoms with Crippen molar-refractivity contribution in [2.75, 3.05) is 13.2 Å². The van der Waals surface area contributed by atoms with E-state index in [4.69, 9.17) is 9.47 Å². The predicted molar refractivity (Wildman–Crippen MR) is 78.8 cm³/mol. The predicted octanol–water partition coefficient (Wildman–Crippen LogP) is 3.50. The van der Waals surface area contributed by atoms with Crippen LogP contribution in [0.3, 0.4) is 0 Å². The Morgan fingerprint density at radius 2 is 1.42 bits per heavy atom. The molecular formula is C16H30O3. The van der Waals surface area contributed by atoms with Gasteiger partial charge in [0, 0.05) is 13.2 Å². The lowest BCUT2D eigenvalue weighted by atomic mass is 10.1. The normalized spacial score (nSPS) is 12.3. The van der Waals surface area contributed by atoms with Gasteiger partial charge in [-0.3, -0.25) is 0 Å². The lowest BCUT2D eigenvalue weighted by Crippen LogP contribution is -2.16. The van der Waals surface area contributed by atoms with Crippen LogP contribution in [0.2, 0.25) is 0 Å². The molecule has 0 amide bonds. The Labute approximate surface area is 118 Å². The summed E-state index contributed by atoms with van der Waals surface area (Å²) >= 11 is 0. The summed E-state index contributed by atoms with van der Waals surface area (Å²) in [5.41, 5.74) is 0. The summed E-state index contributed by atoms with van der Waals surface area (Å²) in [6.45, 7) is 7.15. The average Bonchev–Trinajstić information content (AvgIpc) is 2.40. The van der Waals surface area contributed by atoms with Crippen molar-refractivity contribution >= 4 is 0 Å². The summed E-state index contributed by atoms with van der Waals surface area (Å²) in [4.78, 5) is 0. The van der Waals surface area contributed by atoms with E-state index in [1.54, 1.807) is 0 Å². The minimum absolute atomic E-state index is 0.505. The summed E-state index contributed by atoms with van der Waals surface area (Å²) in [6, 6.07) is 0. The highest BCUT2D eigenvalue weighted by atomic mass is 16.7. The number of aliphatic hydroxyl groups is 1. The molecule has 1 unspecified atom stereocenters. The molecular weight excluding hydrogens is 240 g/mol. The first-order chi connectivity index (χ1) is 9.24. The number of rotatable bonds is 11. The third kappa shape index (κ3) is 12.2. The van der Waals surface area contributed by atoms with Gasteiger partial charge in [0.25, 0.3) is 0 Å². The molecule has 3 nitrogen and oxygen atoms in total. The van der Waals surface area contributed by atoms with E-state index in [1.165, 1.54) is 32.1 Å². The number of ether oxygens (including phenoxy) is 2. The van der Waals surface area contributed by atoms with Gasteiger partial charge >= 0.3 is 0 Å². The molecule has 0 aromatic rings. The molecule has 0 radical (unpaired) electrons. The fourth-order valence-corrected chi connectivity index (χ4v) is 1.79. The van der Waals surface area contributed by atoms with Gasteiger partial charge < -0.3 is 14.6 Å². The van der Waals surface area contributed by atoms with Crippen LogP contribution >= 0.6 is 0 Å². The van der Waals surface area contributed by atoms with Crippen molar-refractivity contribution in [3.8, 4) is 11.8 Å². The summed E-state index contributed by atoms with van der Waals surface area (Å²) < 4.78 is 10.6.